The zero-order chi connectivity index (χ0) is 23.1. The van der Waals surface area contributed by atoms with Crippen molar-refractivity contribution >= 4 is 51.7 Å². The first kappa shape index (κ1) is 21.7. The molecule has 0 saturated carbocycles. The molecule has 0 spiro atoms. The maximum Gasteiger partial charge on any atom is 0.261 e. The van der Waals surface area contributed by atoms with Crippen molar-refractivity contribution in [3.05, 3.63) is 91.6 Å². The summed E-state index contributed by atoms with van der Waals surface area (Å²) in [6.45, 7) is 0.361. The summed E-state index contributed by atoms with van der Waals surface area (Å²) in [6.07, 6.45) is 0. The van der Waals surface area contributed by atoms with Gasteiger partial charge >= 0.3 is 0 Å². The first-order chi connectivity index (χ1) is 16.0. The molecule has 33 heavy (non-hydrogen) atoms. The van der Waals surface area contributed by atoms with Crippen LogP contribution >= 0.6 is 35.2 Å². The van der Waals surface area contributed by atoms with Crippen LogP contribution in [0.4, 0.5) is 0 Å². The molecule has 0 aliphatic carbocycles. The molecule has 5 nitrogen and oxygen atoms in total. The Labute approximate surface area is 204 Å². The minimum absolute atomic E-state index is 0.0832. The van der Waals surface area contributed by atoms with Gasteiger partial charge in [0.1, 0.15) is 5.65 Å². The molecular weight excluding hydrogens is 476 g/mol. The summed E-state index contributed by atoms with van der Waals surface area (Å²) in [7, 11) is 3.20. The molecule has 0 amide bonds. The van der Waals surface area contributed by atoms with E-state index in [2.05, 4.69) is 0 Å². The maximum atomic E-state index is 13.7. The minimum atomic E-state index is -0.0832. The van der Waals surface area contributed by atoms with Crippen LogP contribution in [0.1, 0.15) is 5.56 Å². The fourth-order valence-corrected chi connectivity index (χ4v) is 5.68. The third-order valence-corrected chi connectivity index (χ3v) is 7.19. The highest BCUT2D eigenvalue weighted by Crippen LogP contribution is 2.38. The van der Waals surface area contributed by atoms with Gasteiger partial charge in [-0.1, -0.05) is 35.9 Å². The van der Waals surface area contributed by atoms with Gasteiger partial charge in [-0.2, -0.15) is 0 Å². The first-order valence-corrected chi connectivity index (χ1v) is 11.8. The number of thiazole rings is 1. The Kier molecular flexibility index (Phi) is 5.70. The Morgan fingerprint density at radius 3 is 2.52 bits per heavy atom. The highest BCUT2D eigenvalue weighted by molar-refractivity contribution is 7.73. The van der Waals surface area contributed by atoms with Crippen LogP contribution < -0.4 is 15.0 Å². The third-order valence-electron chi connectivity index (χ3n) is 5.54. The van der Waals surface area contributed by atoms with Crippen LogP contribution in [-0.2, 0) is 6.54 Å². The Morgan fingerprint density at radius 1 is 0.970 bits per heavy atom. The number of ether oxygens (including phenoxy) is 2. The van der Waals surface area contributed by atoms with Gasteiger partial charge in [0.25, 0.3) is 5.56 Å². The highest BCUT2D eigenvalue weighted by Gasteiger charge is 2.19. The quantitative estimate of drug-likeness (QED) is 0.264. The first-order valence-electron chi connectivity index (χ1n) is 10.2. The molecule has 0 aliphatic rings. The second-order valence-electron chi connectivity index (χ2n) is 7.46. The van der Waals surface area contributed by atoms with E-state index in [1.165, 1.54) is 11.3 Å². The number of aromatic nitrogens is 2. The molecule has 3 aromatic carbocycles. The summed E-state index contributed by atoms with van der Waals surface area (Å²) < 4.78 is 15.3. The molecule has 0 atom stereocenters. The molecule has 0 fully saturated rings. The molecule has 0 unspecified atom stereocenters. The third kappa shape index (κ3) is 3.72. The van der Waals surface area contributed by atoms with E-state index in [1.54, 1.807) is 18.8 Å². The average Bonchev–Trinajstić information content (AvgIpc) is 3.18. The van der Waals surface area contributed by atoms with Crippen molar-refractivity contribution in [2.24, 2.45) is 0 Å². The highest BCUT2D eigenvalue weighted by atomic mass is 35.5. The topological polar surface area (TPSA) is 44.9 Å². The van der Waals surface area contributed by atoms with Crippen molar-refractivity contribution in [2.45, 2.75) is 6.54 Å². The summed E-state index contributed by atoms with van der Waals surface area (Å²) in [5.41, 5.74) is 3.26. The second-order valence-corrected chi connectivity index (χ2v) is 9.54. The molecule has 2 aromatic heterocycles. The van der Waals surface area contributed by atoms with Crippen molar-refractivity contribution in [1.29, 1.82) is 0 Å². The molecular formula is C25H19ClN2O3S2. The average molecular weight is 495 g/mol. The molecule has 0 radical (unpaired) electrons. The smallest absolute Gasteiger partial charge is 0.261 e. The summed E-state index contributed by atoms with van der Waals surface area (Å²) in [5, 5.41) is 1.24. The van der Waals surface area contributed by atoms with Crippen molar-refractivity contribution in [3.63, 3.8) is 0 Å². The normalized spacial score (nSPS) is 11.2. The van der Waals surface area contributed by atoms with Crippen LogP contribution in [0, 0.1) is 3.95 Å². The number of halogens is 1. The van der Waals surface area contributed by atoms with E-state index in [-0.39, 0.29) is 5.56 Å². The van der Waals surface area contributed by atoms with Crippen LogP contribution in [0.15, 0.2) is 71.5 Å². The van der Waals surface area contributed by atoms with Crippen molar-refractivity contribution in [2.75, 3.05) is 14.2 Å². The molecule has 2 heterocycles. The number of nitrogens with zero attached hydrogens (tertiary/aromatic N) is 2. The van der Waals surface area contributed by atoms with Gasteiger partial charge in [0.15, 0.2) is 15.5 Å². The lowest BCUT2D eigenvalue weighted by molar-refractivity contribution is 0.355. The number of hydrogen-bond acceptors (Lipinski definition) is 5. The Bertz CT molecular complexity index is 1640. The van der Waals surface area contributed by atoms with E-state index in [0.29, 0.717) is 32.4 Å². The van der Waals surface area contributed by atoms with Gasteiger partial charge in [-0.25, -0.2) is 0 Å². The van der Waals surface area contributed by atoms with Gasteiger partial charge in [0.05, 0.1) is 36.5 Å². The predicted molar refractivity (Wildman–Crippen MR) is 137 cm³/mol. The maximum absolute atomic E-state index is 13.7. The number of rotatable bonds is 5. The van der Waals surface area contributed by atoms with Crippen molar-refractivity contribution < 1.29 is 9.47 Å². The van der Waals surface area contributed by atoms with Gasteiger partial charge in [0.2, 0.25) is 0 Å². The number of para-hydroxylation sites is 1. The standard InChI is InChI=1S/C25H19ClN2O3S2/c1-30-20-11-10-16(13-21(20)31-2)22-23-27(14-15-6-5-7-17(26)12-15)24(29)18-8-3-4-9-19(18)28(23)25(32)33-22/h3-13H,14H2,1-2H3. The molecule has 166 valence electrons. The molecule has 0 bridgehead atoms. The lowest BCUT2D eigenvalue weighted by Gasteiger charge is -2.14. The Morgan fingerprint density at radius 2 is 1.76 bits per heavy atom. The zero-order valence-corrected chi connectivity index (χ0v) is 20.3. The van der Waals surface area contributed by atoms with E-state index in [9.17, 15) is 4.79 Å². The lowest BCUT2D eigenvalue weighted by atomic mass is 10.1. The number of fused-ring (bicyclic) bond motifs is 3. The fraction of sp³-hybridized carbons (Fsp3) is 0.120. The molecule has 0 aliphatic heterocycles. The van der Waals surface area contributed by atoms with Crippen LogP contribution in [0.2, 0.25) is 5.02 Å². The predicted octanol–water partition coefficient (Wildman–Crippen LogP) is 6.43. The Balaban J connectivity index is 1.87. The van der Waals surface area contributed by atoms with Crippen LogP contribution in [0.3, 0.4) is 0 Å². The fourth-order valence-electron chi connectivity index (χ4n) is 4.04. The van der Waals surface area contributed by atoms with E-state index in [0.717, 1.165) is 27.2 Å². The monoisotopic (exact) mass is 494 g/mol. The largest absolute Gasteiger partial charge is 0.493 e. The van der Waals surface area contributed by atoms with Gasteiger partial charge in [-0.3, -0.25) is 13.8 Å². The summed E-state index contributed by atoms with van der Waals surface area (Å²) >= 11 is 13.5. The van der Waals surface area contributed by atoms with Crippen LogP contribution in [0.5, 0.6) is 11.5 Å². The van der Waals surface area contributed by atoms with Gasteiger partial charge < -0.3 is 9.47 Å². The van der Waals surface area contributed by atoms with Crippen LogP contribution in [0.25, 0.3) is 27.0 Å². The van der Waals surface area contributed by atoms with Gasteiger partial charge in [0, 0.05) is 5.02 Å². The van der Waals surface area contributed by atoms with E-state index in [1.807, 2.05) is 71.1 Å². The van der Waals surface area contributed by atoms with Crippen molar-refractivity contribution in [1.82, 2.24) is 8.97 Å². The number of benzene rings is 3. The molecule has 0 N–H and O–H groups in total. The SMILES string of the molecule is COc1ccc(-c2sc(=S)n3c4ccccc4c(=O)n(Cc4cccc(Cl)c4)c23)cc1OC. The Hall–Kier alpha value is -3.13. The van der Waals surface area contributed by atoms with Crippen molar-refractivity contribution in [3.8, 4) is 21.9 Å². The van der Waals surface area contributed by atoms with E-state index < -0.39 is 0 Å². The van der Waals surface area contributed by atoms with Gasteiger partial charge in [-0.05, 0) is 65.8 Å². The summed E-state index contributed by atoms with van der Waals surface area (Å²) in [6, 6.07) is 20.8. The van der Waals surface area contributed by atoms with E-state index in [4.69, 9.17) is 33.3 Å². The van der Waals surface area contributed by atoms with E-state index >= 15 is 0 Å². The lowest BCUT2D eigenvalue weighted by Crippen LogP contribution is -2.23. The molecule has 5 rings (SSSR count). The number of methoxy groups -OCH3 is 2. The summed E-state index contributed by atoms with van der Waals surface area (Å²) in [4.78, 5) is 14.6. The molecule has 0 saturated heterocycles. The summed E-state index contributed by atoms with van der Waals surface area (Å²) in [5.74, 6) is 1.24. The second kappa shape index (κ2) is 8.67. The zero-order valence-electron chi connectivity index (χ0n) is 17.9. The molecule has 5 aromatic rings. The van der Waals surface area contributed by atoms with Crippen LogP contribution in [-0.4, -0.2) is 23.2 Å². The minimum Gasteiger partial charge on any atom is -0.493 e. The molecule has 8 heteroatoms. The number of hydrogen-bond donors (Lipinski definition) is 0. The van der Waals surface area contributed by atoms with Gasteiger partial charge in [-0.15, -0.1) is 11.3 Å².